The van der Waals surface area contributed by atoms with Gasteiger partial charge >= 0.3 is 5.97 Å². The number of aromatic amines is 1. The maximum atomic E-state index is 12.2. The van der Waals surface area contributed by atoms with E-state index in [1.807, 2.05) is 19.1 Å². The van der Waals surface area contributed by atoms with Crippen LogP contribution in [0.25, 0.3) is 0 Å². The van der Waals surface area contributed by atoms with Gasteiger partial charge in [0.05, 0.1) is 12.3 Å². The van der Waals surface area contributed by atoms with Crippen LogP contribution in [0.1, 0.15) is 23.7 Å². The number of esters is 1. The number of ether oxygens (including phenoxy) is 1. The van der Waals surface area contributed by atoms with Crippen molar-refractivity contribution in [2.45, 2.75) is 19.4 Å². The number of hydrogen-bond donors (Lipinski definition) is 2. The first-order valence-corrected chi connectivity index (χ1v) is 6.19. The van der Waals surface area contributed by atoms with Crippen molar-refractivity contribution in [1.29, 1.82) is 0 Å². The van der Waals surface area contributed by atoms with E-state index in [1.165, 1.54) is 0 Å². The first kappa shape index (κ1) is 13.4. The first-order chi connectivity index (χ1) is 9.09. The summed E-state index contributed by atoms with van der Waals surface area (Å²) in [6.45, 7) is 3.87. The summed E-state index contributed by atoms with van der Waals surface area (Å²) in [5.74, 6) is -0.679. The molecule has 0 saturated carbocycles. The predicted octanol–water partition coefficient (Wildman–Crippen LogP) is 2.12. The summed E-state index contributed by atoms with van der Waals surface area (Å²) < 4.78 is 5.01. The van der Waals surface area contributed by atoms with Gasteiger partial charge in [-0.2, -0.15) is 0 Å². The zero-order valence-corrected chi connectivity index (χ0v) is 11.0. The Balaban J connectivity index is 2.51. The molecule has 0 amide bonds. The van der Waals surface area contributed by atoms with Crippen molar-refractivity contribution in [3.8, 4) is 0 Å². The van der Waals surface area contributed by atoms with E-state index in [0.29, 0.717) is 11.3 Å². The number of rotatable bonds is 4. The Labute approximate surface area is 112 Å². The summed E-state index contributed by atoms with van der Waals surface area (Å²) in [6, 6.07) is 10.6. The maximum absolute atomic E-state index is 12.2. The molecule has 0 bridgehead atoms. The van der Waals surface area contributed by atoms with Crippen LogP contribution in [-0.4, -0.2) is 22.7 Å². The van der Waals surface area contributed by atoms with Crippen LogP contribution in [0.15, 0.2) is 42.6 Å². The molecule has 0 aliphatic rings. The maximum Gasteiger partial charge on any atom is 0.349 e. The third-order valence-corrected chi connectivity index (χ3v) is 3.03. The number of hydrogen-bond acceptors (Lipinski definition) is 3. The van der Waals surface area contributed by atoms with E-state index in [-0.39, 0.29) is 6.61 Å². The van der Waals surface area contributed by atoms with E-state index in [2.05, 4.69) is 4.98 Å². The van der Waals surface area contributed by atoms with Gasteiger partial charge in [0.2, 0.25) is 5.60 Å². The molecular formula is C15H17NO3. The van der Waals surface area contributed by atoms with Gasteiger partial charge in [0.15, 0.2) is 0 Å². The fraction of sp³-hybridized carbons (Fsp3) is 0.267. The number of aromatic nitrogens is 1. The van der Waals surface area contributed by atoms with Gasteiger partial charge in [-0.25, -0.2) is 4.79 Å². The Morgan fingerprint density at radius 1 is 1.32 bits per heavy atom. The molecule has 0 unspecified atom stereocenters. The molecule has 0 spiro atoms. The highest BCUT2D eigenvalue weighted by Crippen LogP contribution is 2.30. The summed E-state index contributed by atoms with van der Waals surface area (Å²) in [6.07, 6.45) is 1.66. The molecule has 0 aliphatic heterocycles. The van der Waals surface area contributed by atoms with Crippen molar-refractivity contribution in [2.75, 3.05) is 6.61 Å². The van der Waals surface area contributed by atoms with E-state index in [9.17, 15) is 9.90 Å². The Bertz CT molecular complexity index is 545. The fourth-order valence-electron chi connectivity index (χ4n) is 1.97. The van der Waals surface area contributed by atoms with Gasteiger partial charge in [-0.1, -0.05) is 29.8 Å². The van der Waals surface area contributed by atoms with Crippen molar-refractivity contribution < 1.29 is 14.6 Å². The fourth-order valence-corrected chi connectivity index (χ4v) is 1.97. The van der Waals surface area contributed by atoms with E-state index in [0.717, 1.165) is 5.56 Å². The zero-order valence-electron chi connectivity index (χ0n) is 11.0. The third kappa shape index (κ3) is 2.39. The van der Waals surface area contributed by atoms with E-state index in [1.54, 1.807) is 37.4 Å². The minimum atomic E-state index is -1.80. The van der Waals surface area contributed by atoms with Gasteiger partial charge in [-0.05, 0) is 26.0 Å². The number of aryl methyl sites for hydroxylation is 1. The quantitative estimate of drug-likeness (QED) is 0.827. The Kier molecular flexibility index (Phi) is 3.71. The van der Waals surface area contributed by atoms with Gasteiger partial charge in [-0.3, -0.25) is 0 Å². The number of carbonyl (C=O) groups is 1. The predicted molar refractivity (Wildman–Crippen MR) is 71.6 cm³/mol. The molecular weight excluding hydrogens is 242 g/mol. The second-order valence-electron chi connectivity index (χ2n) is 4.38. The number of H-pyrrole nitrogens is 1. The molecule has 0 saturated heterocycles. The molecule has 0 aliphatic carbocycles. The normalized spacial score (nSPS) is 13.8. The summed E-state index contributed by atoms with van der Waals surface area (Å²) in [5.41, 5.74) is 0.142. The molecule has 100 valence electrons. The molecule has 1 aromatic carbocycles. The molecule has 2 N–H and O–H groups in total. The van der Waals surface area contributed by atoms with Crippen LogP contribution in [0.2, 0.25) is 0 Å². The van der Waals surface area contributed by atoms with Crippen molar-refractivity contribution in [3.05, 3.63) is 59.4 Å². The molecule has 2 aromatic rings. The van der Waals surface area contributed by atoms with Crippen molar-refractivity contribution in [3.63, 3.8) is 0 Å². The lowest BCUT2D eigenvalue weighted by Gasteiger charge is -2.25. The van der Waals surface area contributed by atoms with Crippen LogP contribution in [-0.2, 0) is 15.1 Å². The summed E-state index contributed by atoms with van der Waals surface area (Å²) >= 11 is 0. The van der Waals surface area contributed by atoms with Crippen molar-refractivity contribution >= 4 is 5.97 Å². The van der Waals surface area contributed by atoms with Crippen LogP contribution in [0.4, 0.5) is 0 Å². The van der Waals surface area contributed by atoms with Crippen LogP contribution in [0, 0.1) is 6.92 Å². The lowest BCUT2D eigenvalue weighted by molar-refractivity contribution is -0.161. The standard InChI is InChI=1S/C15H17NO3/c1-3-19-14(17)15(18,13-5-4-10-16-13)12-8-6-11(2)7-9-12/h4-10,16,18H,3H2,1-2H3/t15-/m1/s1. The summed E-state index contributed by atoms with van der Waals surface area (Å²) in [5, 5.41) is 10.8. The largest absolute Gasteiger partial charge is 0.463 e. The molecule has 1 atom stereocenters. The minimum Gasteiger partial charge on any atom is -0.463 e. The molecule has 2 rings (SSSR count). The molecule has 4 heteroatoms. The van der Waals surface area contributed by atoms with Crippen LogP contribution in [0.3, 0.4) is 0 Å². The Hall–Kier alpha value is -2.07. The van der Waals surface area contributed by atoms with Crippen LogP contribution in [0.5, 0.6) is 0 Å². The molecule has 0 radical (unpaired) electrons. The Morgan fingerprint density at radius 3 is 2.53 bits per heavy atom. The minimum absolute atomic E-state index is 0.216. The monoisotopic (exact) mass is 259 g/mol. The van der Waals surface area contributed by atoms with Gasteiger partial charge in [0.1, 0.15) is 0 Å². The SMILES string of the molecule is CCOC(=O)[C@@](O)(c1ccc(C)cc1)c1ccc[nH]1. The third-order valence-electron chi connectivity index (χ3n) is 3.03. The summed E-state index contributed by atoms with van der Waals surface area (Å²) in [7, 11) is 0. The number of benzene rings is 1. The van der Waals surface area contributed by atoms with Crippen molar-refractivity contribution in [1.82, 2.24) is 4.98 Å². The smallest absolute Gasteiger partial charge is 0.349 e. The first-order valence-electron chi connectivity index (χ1n) is 6.19. The molecule has 4 nitrogen and oxygen atoms in total. The molecule has 19 heavy (non-hydrogen) atoms. The lowest BCUT2D eigenvalue weighted by atomic mass is 9.90. The number of carbonyl (C=O) groups excluding carboxylic acids is 1. The Morgan fingerprint density at radius 2 is 2.00 bits per heavy atom. The van der Waals surface area contributed by atoms with Gasteiger partial charge in [-0.15, -0.1) is 0 Å². The zero-order chi connectivity index (χ0) is 13.9. The van der Waals surface area contributed by atoms with Crippen LogP contribution < -0.4 is 0 Å². The van der Waals surface area contributed by atoms with E-state index < -0.39 is 11.6 Å². The number of aliphatic hydroxyl groups is 1. The van der Waals surface area contributed by atoms with E-state index >= 15 is 0 Å². The summed E-state index contributed by atoms with van der Waals surface area (Å²) in [4.78, 5) is 15.0. The highest BCUT2D eigenvalue weighted by atomic mass is 16.5. The van der Waals surface area contributed by atoms with Gasteiger partial charge in [0, 0.05) is 11.8 Å². The topological polar surface area (TPSA) is 62.3 Å². The average Bonchev–Trinajstić information content (AvgIpc) is 2.93. The number of nitrogens with one attached hydrogen (secondary N) is 1. The van der Waals surface area contributed by atoms with E-state index in [4.69, 9.17) is 4.74 Å². The highest BCUT2D eigenvalue weighted by Gasteiger charge is 2.42. The van der Waals surface area contributed by atoms with Gasteiger partial charge in [0.25, 0.3) is 0 Å². The second-order valence-corrected chi connectivity index (χ2v) is 4.38. The van der Waals surface area contributed by atoms with Crippen LogP contribution >= 0.6 is 0 Å². The second kappa shape index (κ2) is 5.28. The average molecular weight is 259 g/mol. The molecule has 0 fully saturated rings. The van der Waals surface area contributed by atoms with Crippen molar-refractivity contribution in [2.24, 2.45) is 0 Å². The molecule has 1 aromatic heterocycles. The highest BCUT2D eigenvalue weighted by molar-refractivity contribution is 5.84. The molecule has 1 heterocycles. The lowest BCUT2D eigenvalue weighted by Crippen LogP contribution is -2.39. The van der Waals surface area contributed by atoms with Gasteiger partial charge < -0.3 is 14.8 Å².